The third kappa shape index (κ3) is 3.89. The van der Waals surface area contributed by atoms with Gasteiger partial charge in [0.2, 0.25) is 0 Å². The number of nitrogens with two attached hydrogens (primary N) is 1. The first-order valence-corrected chi connectivity index (χ1v) is 10.9. The number of hydrazone groups is 1. The van der Waals surface area contributed by atoms with E-state index in [1.54, 1.807) is 0 Å². The van der Waals surface area contributed by atoms with Crippen molar-refractivity contribution in [2.24, 2.45) is 16.8 Å². The van der Waals surface area contributed by atoms with Gasteiger partial charge in [-0.15, -0.1) is 0 Å². The Morgan fingerprint density at radius 1 is 1.07 bits per heavy atom. The SMILES string of the molecule is NC(=S)N1N=C2/C(=C/c3ccc(Br)cc3)CCC[C@H]2[C@@H]1c1ccc(Br)cc1. The summed E-state index contributed by atoms with van der Waals surface area (Å²) in [5, 5.41) is 7.04. The molecule has 0 unspecified atom stereocenters. The second kappa shape index (κ2) is 7.86. The summed E-state index contributed by atoms with van der Waals surface area (Å²) in [7, 11) is 0. The van der Waals surface area contributed by atoms with Crippen LogP contribution in [0.2, 0.25) is 0 Å². The van der Waals surface area contributed by atoms with Gasteiger partial charge in [0.1, 0.15) is 0 Å². The van der Waals surface area contributed by atoms with Crippen molar-refractivity contribution in [1.29, 1.82) is 0 Å². The van der Waals surface area contributed by atoms with Crippen LogP contribution < -0.4 is 5.73 Å². The second-order valence-electron chi connectivity index (χ2n) is 6.88. The molecule has 0 saturated heterocycles. The predicted molar refractivity (Wildman–Crippen MR) is 122 cm³/mol. The van der Waals surface area contributed by atoms with E-state index in [2.05, 4.69) is 86.5 Å². The minimum absolute atomic E-state index is 0.0687. The number of allylic oxidation sites excluding steroid dienone is 1. The van der Waals surface area contributed by atoms with E-state index in [1.807, 2.05) is 5.01 Å². The number of benzene rings is 2. The second-order valence-corrected chi connectivity index (χ2v) is 9.13. The van der Waals surface area contributed by atoms with E-state index in [9.17, 15) is 0 Å². The average molecular weight is 505 g/mol. The van der Waals surface area contributed by atoms with Gasteiger partial charge in [0.15, 0.2) is 5.11 Å². The maximum Gasteiger partial charge on any atom is 0.187 e. The fourth-order valence-corrected chi connectivity index (χ4v) is 4.62. The number of fused-ring (bicyclic) bond motifs is 1. The van der Waals surface area contributed by atoms with Crippen LogP contribution in [0.4, 0.5) is 0 Å². The summed E-state index contributed by atoms with van der Waals surface area (Å²) in [5.74, 6) is 0.308. The fourth-order valence-electron chi connectivity index (χ4n) is 3.94. The van der Waals surface area contributed by atoms with Crippen LogP contribution in [0.1, 0.15) is 36.4 Å². The van der Waals surface area contributed by atoms with Gasteiger partial charge in [-0.05, 0) is 78.5 Å². The van der Waals surface area contributed by atoms with Gasteiger partial charge in [-0.2, -0.15) is 5.10 Å². The molecule has 1 aliphatic heterocycles. The van der Waals surface area contributed by atoms with E-state index in [-0.39, 0.29) is 6.04 Å². The zero-order valence-electron chi connectivity index (χ0n) is 14.6. The smallest absolute Gasteiger partial charge is 0.187 e. The van der Waals surface area contributed by atoms with Crippen molar-refractivity contribution in [2.45, 2.75) is 25.3 Å². The molecule has 0 spiro atoms. The molecule has 2 atom stereocenters. The molecule has 2 N–H and O–H groups in total. The highest BCUT2D eigenvalue weighted by Crippen LogP contribution is 2.44. The van der Waals surface area contributed by atoms with Crippen LogP contribution in [0.25, 0.3) is 6.08 Å². The minimum Gasteiger partial charge on any atom is -0.375 e. The Bertz CT molecular complexity index is 919. The predicted octanol–water partition coefficient (Wildman–Crippen LogP) is 6.05. The summed E-state index contributed by atoms with van der Waals surface area (Å²) >= 11 is 12.3. The fraction of sp³-hybridized carbons (Fsp3) is 0.238. The van der Waals surface area contributed by atoms with Crippen molar-refractivity contribution in [2.75, 3.05) is 0 Å². The third-order valence-corrected chi connectivity index (χ3v) is 6.39. The maximum absolute atomic E-state index is 6.04. The Morgan fingerprint density at radius 2 is 1.70 bits per heavy atom. The molecule has 4 rings (SSSR count). The molecule has 2 aromatic carbocycles. The molecule has 2 aromatic rings. The molecule has 1 saturated carbocycles. The van der Waals surface area contributed by atoms with Crippen LogP contribution in [0, 0.1) is 5.92 Å². The van der Waals surface area contributed by atoms with Crippen molar-refractivity contribution in [3.8, 4) is 0 Å². The van der Waals surface area contributed by atoms with E-state index < -0.39 is 0 Å². The zero-order chi connectivity index (χ0) is 19.0. The first-order chi connectivity index (χ1) is 13.0. The highest BCUT2D eigenvalue weighted by atomic mass is 79.9. The standard InChI is InChI=1S/C21H19Br2N3S/c22-16-8-4-13(5-9-16)12-15-2-1-3-18-19(15)25-26(21(24)27)20(18)14-6-10-17(23)11-7-14/h4-12,18,20H,1-3H2,(H2,24,27)/b15-12+/t18-,20+/m1/s1. The van der Waals surface area contributed by atoms with Crippen molar-refractivity contribution in [3.05, 3.63) is 74.2 Å². The molecule has 0 radical (unpaired) electrons. The minimum atomic E-state index is 0.0687. The highest BCUT2D eigenvalue weighted by Gasteiger charge is 2.42. The van der Waals surface area contributed by atoms with Crippen LogP contribution in [0.5, 0.6) is 0 Å². The van der Waals surface area contributed by atoms with E-state index in [4.69, 9.17) is 23.1 Å². The van der Waals surface area contributed by atoms with Gasteiger partial charge in [-0.3, -0.25) is 0 Å². The normalized spacial score (nSPS) is 23.3. The number of hydrogen-bond acceptors (Lipinski definition) is 2. The lowest BCUT2D eigenvalue weighted by Gasteiger charge is -2.29. The molecular weight excluding hydrogens is 486 g/mol. The summed E-state index contributed by atoms with van der Waals surface area (Å²) in [5.41, 5.74) is 10.8. The largest absolute Gasteiger partial charge is 0.375 e. The number of thiocarbonyl (C=S) groups is 1. The average Bonchev–Trinajstić information content (AvgIpc) is 3.05. The molecular formula is C21H19Br2N3S. The van der Waals surface area contributed by atoms with Crippen LogP contribution in [0.3, 0.4) is 0 Å². The molecule has 2 aliphatic rings. The highest BCUT2D eigenvalue weighted by molar-refractivity contribution is 9.10. The van der Waals surface area contributed by atoms with Crippen molar-refractivity contribution in [1.82, 2.24) is 5.01 Å². The van der Waals surface area contributed by atoms with Crippen molar-refractivity contribution in [3.63, 3.8) is 0 Å². The molecule has 138 valence electrons. The van der Waals surface area contributed by atoms with Gasteiger partial charge >= 0.3 is 0 Å². The van der Waals surface area contributed by atoms with Crippen LogP contribution in [-0.4, -0.2) is 15.8 Å². The lowest BCUT2D eigenvalue weighted by Crippen LogP contribution is -2.34. The van der Waals surface area contributed by atoms with E-state index in [1.165, 1.54) is 16.7 Å². The van der Waals surface area contributed by atoms with Gasteiger partial charge in [0.25, 0.3) is 0 Å². The van der Waals surface area contributed by atoms with E-state index >= 15 is 0 Å². The monoisotopic (exact) mass is 503 g/mol. The topological polar surface area (TPSA) is 41.6 Å². The van der Waals surface area contributed by atoms with Crippen LogP contribution in [0.15, 0.2) is 68.2 Å². The Balaban J connectivity index is 1.72. The molecule has 0 bridgehead atoms. The number of halogens is 2. The zero-order valence-corrected chi connectivity index (χ0v) is 18.6. The molecule has 0 amide bonds. The Kier molecular flexibility index (Phi) is 5.48. The molecule has 0 aromatic heterocycles. The molecule has 1 heterocycles. The summed E-state index contributed by atoms with van der Waals surface area (Å²) < 4.78 is 2.14. The number of nitrogens with zero attached hydrogens (tertiary/aromatic N) is 2. The van der Waals surface area contributed by atoms with E-state index in [0.29, 0.717) is 11.0 Å². The Hall–Kier alpha value is -1.50. The first-order valence-electron chi connectivity index (χ1n) is 8.92. The van der Waals surface area contributed by atoms with Gasteiger partial charge in [-0.25, -0.2) is 5.01 Å². The quantitative estimate of drug-likeness (QED) is 0.506. The molecule has 6 heteroatoms. The van der Waals surface area contributed by atoms with E-state index in [0.717, 1.165) is 33.9 Å². The summed E-state index contributed by atoms with van der Waals surface area (Å²) in [6, 6.07) is 16.8. The van der Waals surface area contributed by atoms with Crippen molar-refractivity contribution >= 4 is 61.0 Å². The van der Waals surface area contributed by atoms with Crippen LogP contribution in [-0.2, 0) is 0 Å². The van der Waals surface area contributed by atoms with Gasteiger partial charge in [-0.1, -0.05) is 56.1 Å². The molecule has 3 nitrogen and oxygen atoms in total. The molecule has 1 aliphatic carbocycles. The maximum atomic E-state index is 6.04. The Morgan fingerprint density at radius 3 is 2.33 bits per heavy atom. The first kappa shape index (κ1) is 18.8. The van der Waals surface area contributed by atoms with Crippen molar-refractivity contribution < 1.29 is 0 Å². The van der Waals surface area contributed by atoms with Gasteiger partial charge in [0, 0.05) is 14.9 Å². The van der Waals surface area contributed by atoms with Crippen LogP contribution >= 0.6 is 44.1 Å². The van der Waals surface area contributed by atoms with Gasteiger partial charge < -0.3 is 5.73 Å². The molecule has 1 fully saturated rings. The van der Waals surface area contributed by atoms with Gasteiger partial charge in [0.05, 0.1) is 11.8 Å². The number of rotatable bonds is 2. The summed E-state index contributed by atoms with van der Waals surface area (Å²) in [6.07, 6.45) is 5.52. The number of hydrogen-bond donors (Lipinski definition) is 1. The third-order valence-electron chi connectivity index (χ3n) is 5.15. The lowest BCUT2D eigenvalue weighted by molar-refractivity contribution is 0.305. The summed E-state index contributed by atoms with van der Waals surface area (Å²) in [4.78, 5) is 0. The molecule has 27 heavy (non-hydrogen) atoms. The Labute approximate surface area is 181 Å². The lowest BCUT2D eigenvalue weighted by atomic mass is 9.77. The summed E-state index contributed by atoms with van der Waals surface area (Å²) in [6.45, 7) is 0.